The number of ether oxygens (including phenoxy) is 1. The molecule has 20 heavy (non-hydrogen) atoms. The molecule has 2 N–H and O–H groups in total. The lowest BCUT2D eigenvalue weighted by molar-refractivity contribution is 0.458. The standard InChI is InChI=1S/C16H13IN2O/c17-13-5-3-6-14(9-13)20-16-12(10-18)8-11-4-1-2-7-15(11)19-16/h1-9H,10,18H2. The van der Waals surface area contributed by atoms with Crippen LogP contribution in [0.25, 0.3) is 10.9 Å². The molecule has 100 valence electrons. The molecule has 0 bridgehead atoms. The van der Waals surface area contributed by atoms with Gasteiger partial charge in [0.2, 0.25) is 5.88 Å². The molecule has 0 amide bonds. The minimum absolute atomic E-state index is 0.400. The topological polar surface area (TPSA) is 48.1 Å². The van der Waals surface area contributed by atoms with Gasteiger partial charge in [-0.25, -0.2) is 4.98 Å². The van der Waals surface area contributed by atoms with Gasteiger partial charge in [-0.2, -0.15) is 0 Å². The molecule has 0 fully saturated rings. The quantitative estimate of drug-likeness (QED) is 0.701. The van der Waals surface area contributed by atoms with Crippen molar-refractivity contribution < 1.29 is 4.74 Å². The van der Waals surface area contributed by atoms with Crippen molar-refractivity contribution in [3.8, 4) is 11.6 Å². The molecule has 0 aliphatic rings. The van der Waals surface area contributed by atoms with Gasteiger partial charge < -0.3 is 10.5 Å². The Morgan fingerprint density at radius 3 is 2.70 bits per heavy atom. The summed E-state index contributed by atoms with van der Waals surface area (Å²) in [7, 11) is 0. The van der Waals surface area contributed by atoms with Crippen LogP contribution < -0.4 is 10.5 Å². The summed E-state index contributed by atoms with van der Waals surface area (Å²) in [6.07, 6.45) is 0. The van der Waals surface area contributed by atoms with Gasteiger partial charge in [0.1, 0.15) is 5.75 Å². The van der Waals surface area contributed by atoms with E-state index in [1.54, 1.807) is 0 Å². The van der Waals surface area contributed by atoms with Gasteiger partial charge in [-0.05, 0) is 52.9 Å². The molecule has 0 aliphatic heterocycles. The van der Waals surface area contributed by atoms with Crippen LogP contribution in [-0.2, 0) is 6.54 Å². The Hall–Kier alpha value is -1.66. The average molecular weight is 376 g/mol. The SMILES string of the molecule is NCc1cc2ccccc2nc1Oc1cccc(I)c1. The highest BCUT2D eigenvalue weighted by atomic mass is 127. The summed E-state index contributed by atoms with van der Waals surface area (Å²) in [6, 6.07) is 17.8. The van der Waals surface area contributed by atoms with Crippen LogP contribution in [0.3, 0.4) is 0 Å². The molecule has 3 rings (SSSR count). The number of aromatic nitrogens is 1. The van der Waals surface area contributed by atoms with E-state index in [2.05, 4.69) is 27.6 Å². The second kappa shape index (κ2) is 5.76. The fourth-order valence-electron chi connectivity index (χ4n) is 2.02. The molecule has 1 aromatic heterocycles. The number of fused-ring (bicyclic) bond motifs is 1. The summed E-state index contributed by atoms with van der Waals surface area (Å²) < 4.78 is 7.01. The molecular formula is C16H13IN2O. The van der Waals surface area contributed by atoms with Crippen LogP contribution in [0.5, 0.6) is 11.6 Å². The van der Waals surface area contributed by atoms with E-state index in [0.29, 0.717) is 12.4 Å². The van der Waals surface area contributed by atoms with E-state index in [1.807, 2.05) is 54.6 Å². The molecule has 0 aliphatic carbocycles. The van der Waals surface area contributed by atoms with Crippen LogP contribution in [0.15, 0.2) is 54.6 Å². The monoisotopic (exact) mass is 376 g/mol. The van der Waals surface area contributed by atoms with Gasteiger partial charge in [-0.15, -0.1) is 0 Å². The number of halogens is 1. The van der Waals surface area contributed by atoms with E-state index >= 15 is 0 Å². The van der Waals surface area contributed by atoms with Crippen molar-refractivity contribution in [2.24, 2.45) is 5.73 Å². The van der Waals surface area contributed by atoms with Crippen molar-refractivity contribution >= 4 is 33.5 Å². The maximum absolute atomic E-state index is 5.89. The highest BCUT2D eigenvalue weighted by molar-refractivity contribution is 14.1. The fraction of sp³-hybridized carbons (Fsp3) is 0.0625. The van der Waals surface area contributed by atoms with E-state index in [0.717, 1.165) is 25.8 Å². The zero-order valence-corrected chi connectivity index (χ0v) is 12.9. The van der Waals surface area contributed by atoms with Crippen LogP contribution in [0.4, 0.5) is 0 Å². The fourth-order valence-corrected chi connectivity index (χ4v) is 2.53. The molecule has 0 radical (unpaired) electrons. The molecule has 3 aromatic rings. The van der Waals surface area contributed by atoms with E-state index in [1.165, 1.54) is 0 Å². The van der Waals surface area contributed by atoms with Gasteiger partial charge >= 0.3 is 0 Å². The Morgan fingerprint density at radius 1 is 1.05 bits per heavy atom. The lowest BCUT2D eigenvalue weighted by Crippen LogP contribution is -2.01. The number of nitrogens with zero attached hydrogens (tertiary/aromatic N) is 1. The Kier molecular flexibility index (Phi) is 3.84. The third-order valence-corrected chi connectivity index (χ3v) is 3.66. The highest BCUT2D eigenvalue weighted by Gasteiger charge is 2.08. The molecule has 2 aromatic carbocycles. The molecule has 0 atom stereocenters. The summed E-state index contributed by atoms with van der Waals surface area (Å²) in [5.41, 5.74) is 7.62. The molecule has 1 heterocycles. The third kappa shape index (κ3) is 2.76. The number of rotatable bonds is 3. The maximum atomic E-state index is 5.89. The van der Waals surface area contributed by atoms with Gasteiger partial charge in [0.25, 0.3) is 0 Å². The number of hydrogen-bond acceptors (Lipinski definition) is 3. The van der Waals surface area contributed by atoms with Gasteiger partial charge in [-0.1, -0.05) is 24.3 Å². The van der Waals surface area contributed by atoms with Crippen LogP contribution in [0.2, 0.25) is 0 Å². The molecular weight excluding hydrogens is 363 g/mol. The summed E-state index contributed by atoms with van der Waals surface area (Å²) in [5, 5.41) is 1.07. The summed E-state index contributed by atoms with van der Waals surface area (Å²) >= 11 is 2.26. The first-order valence-corrected chi connectivity index (χ1v) is 7.36. The first-order chi connectivity index (χ1) is 9.76. The van der Waals surface area contributed by atoms with Crippen molar-refractivity contribution in [2.45, 2.75) is 6.54 Å². The largest absolute Gasteiger partial charge is 0.439 e. The predicted octanol–water partition coefficient (Wildman–Crippen LogP) is 4.09. The predicted molar refractivity (Wildman–Crippen MR) is 88.9 cm³/mol. The molecule has 4 heteroatoms. The van der Waals surface area contributed by atoms with Crippen molar-refractivity contribution in [1.82, 2.24) is 4.98 Å². The van der Waals surface area contributed by atoms with E-state index in [4.69, 9.17) is 10.5 Å². The van der Waals surface area contributed by atoms with Crippen molar-refractivity contribution in [2.75, 3.05) is 0 Å². The second-order valence-electron chi connectivity index (χ2n) is 4.41. The molecule has 0 saturated heterocycles. The second-order valence-corrected chi connectivity index (χ2v) is 5.65. The Balaban J connectivity index is 2.05. The van der Waals surface area contributed by atoms with Gasteiger partial charge in [0, 0.05) is 21.1 Å². The number of nitrogens with two attached hydrogens (primary N) is 1. The average Bonchev–Trinajstić information content (AvgIpc) is 2.46. The zero-order chi connectivity index (χ0) is 13.9. The molecule has 0 spiro atoms. The van der Waals surface area contributed by atoms with Crippen molar-refractivity contribution in [3.63, 3.8) is 0 Å². The van der Waals surface area contributed by atoms with Gasteiger partial charge in [-0.3, -0.25) is 0 Å². The van der Waals surface area contributed by atoms with Crippen LogP contribution in [0, 0.1) is 3.57 Å². The summed E-state index contributed by atoms with van der Waals surface area (Å²) in [6.45, 7) is 0.400. The van der Waals surface area contributed by atoms with Crippen LogP contribution >= 0.6 is 22.6 Å². The smallest absolute Gasteiger partial charge is 0.224 e. The normalized spacial score (nSPS) is 10.7. The maximum Gasteiger partial charge on any atom is 0.224 e. The number of benzene rings is 2. The van der Waals surface area contributed by atoms with Crippen LogP contribution in [0.1, 0.15) is 5.56 Å². The first-order valence-electron chi connectivity index (χ1n) is 6.28. The van der Waals surface area contributed by atoms with Gasteiger partial charge in [0.15, 0.2) is 0 Å². The first kappa shape index (κ1) is 13.3. The number of hydrogen-bond donors (Lipinski definition) is 1. The van der Waals surface area contributed by atoms with E-state index < -0.39 is 0 Å². The highest BCUT2D eigenvalue weighted by Crippen LogP contribution is 2.27. The lowest BCUT2D eigenvalue weighted by atomic mass is 10.1. The van der Waals surface area contributed by atoms with E-state index in [9.17, 15) is 0 Å². The Bertz CT molecular complexity index is 758. The number of para-hydroxylation sites is 1. The van der Waals surface area contributed by atoms with Crippen molar-refractivity contribution in [1.29, 1.82) is 0 Å². The van der Waals surface area contributed by atoms with E-state index in [-0.39, 0.29) is 0 Å². The summed E-state index contributed by atoms with van der Waals surface area (Å²) in [4.78, 5) is 4.57. The zero-order valence-electron chi connectivity index (χ0n) is 10.7. The van der Waals surface area contributed by atoms with Crippen LogP contribution in [-0.4, -0.2) is 4.98 Å². The van der Waals surface area contributed by atoms with Gasteiger partial charge in [0.05, 0.1) is 5.52 Å². The third-order valence-electron chi connectivity index (χ3n) is 2.99. The Morgan fingerprint density at radius 2 is 1.90 bits per heavy atom. The lowest BCUT2D eigenvalue weighted by Gasteiger charge is -2.10. The Labute approximate surface area is 130 Å². The van der Waals surface area contributed by atoms with Crippen molar-refractivity contribution in [3.05, 3.63) is 63.7 Å². The number of pyridine rings is 1. The summed E-state index contributed by atoms with van der Waals surface area (Å²) in [5.74, 6) is 1.35. The molecule has 0 unspecified atom stereocenters. The molecule has 3 nitrogen and oxygen atoms in total. The molecule has 0 saturated carbocycles. The minimum Gasteiger partial charge on any atom is -0.439 e. The minimum atomic E-state index is 0.400.